The lowest BCUT2D eigenvalue weighted by molar-refractivity contribution is 1.70. The Bertz CT molecular complexity index is 72.5. The molecule has 0 bridgehead atoms. The maximum Gasteiger partial charge on any atom is 0.0552 e. The molecule has 0 N–H and O–H groups in total. The fourth-order valence-electron chi connectivity index (χ4n) is 0.152. The maximum atomic E-state index is 4.86. The molecule has 0 aliphatic heterocycles. The third kappa shape index (κ3) is 3.30. The van der Waals surface area contributed by atoms with Crippen molar-refractivity contribution in [2.75, 3.05) is 0 Å². The molecule has 0 unspecified atom stereocenters. The van der Waals surface area contributed by atoms with Gasteiger partial charge >= 0.3 is 0 Å². The van der Waals surface area contributed by atoms with Crippen LogP contribution in [0.3, 0.4) is 0 Å². The highest BCUT2D eigenvalue weighted by Crippen LogP contribution is 1.72. The highest BCUT2D eigenvalue weighted by atomic mass is 13.6. The zero-order chi connectivity index (χ0) is 4.83. The predicted molar refractivity (Wildman–Crippen MR) is 27.9 cm³/mol. The zero-order valence-corrected chi connectivity index (χ0v) is 3.81. The van der Waals surface area contributed by atoms with Gasteiger partial charge in [-0.15, -0.1) is 6.42 Å². The third-order valence-electron chi connectivity index (χ3n) is 0.385. The summed E-state index contributed by atoms with van der Waals surface area (Å²) >= 11 is 0. The standard InChI is InChI=1S/C6H7/c1-3-5-6-4-2/h1,4-6H,2H3/b6-4-. The molecule has 0 rings (SSSR count). The van der Waals surface area contributed by atoms with Gasteiger partial charge in [0.15, 0.2) is 0 Å². The predicted octanol–water partition coefficient (Wildman–Crippen LogP) is 1.40. The number of hydrogen-bond acceptors (Lipinski definition) is 0. The third-order valence-corrected chi connectivity index (χ3v) is 0.385. The Kier molecular flexibility index (Phi) is 3.80. The van der Waals surface area contributed by atoms with Crippen molar-refractivity contribution in [1.82, 2.24) is 0 Å². The van der Waals surface area contributed by atoms with Crippen molar-refractivity contribution >= 4 is 0 Å². The van der Waals surface area contributed by atoms with Crippen LogP contribution in [0.15, 0.2) is 12.2 Å². The molecule has 0 nitrogen and oxygen atoms in total. The molecule has 31 valence electrons. The highest BCUT2D eigenvalue weighted by Gasteiger charge is 1.58. The molecule has 0 amide bonds. The van der Waals surface area contributed by atoms with Gasteiger partial charge in [-0.2, -0.15) is 0 Å². The summed E-state index contributed by atoms with van der Waals surface area (Å²) in [6.45, 7) is 1.92. The average Bonchev–Trinajstić information content (AvgIpc) is 1.61. The van der Waals surface area contributed by atoms with Crippen LogP contribution in [-0.4, -0.2) is 0 Å². The molecular formula is C6H7. The lowest BCUT2D eigenvalue weighted by atomic mass is 10.4. The highest BCUT2D eigenvalue weighted by molar-refractivity contribution is 5.12. The molecule has 1 radical (unpaired) electrons. The summed E-state index contributed by atoms with van der Waals surface area (Å²) in [5.41, 5.74) is 0. The van der Waals surface area contributed by atoms with Crippen molar-refractivity contribution in [3.63, 3.8) is 0 Å². The summed E-state index contributed by atoms with van der Waals surface area (Å²) < 4.78 is 0. The molecule has 6 heavy (non-hydrogen) atoms. The van der Waals surface area contributed by atoms with Gasteiger partial charge in [0.2, 0.25) is 0 Å². The summed E-state index contributed by atoms with van der Waals surface area (Å²) in [6.07, 6.45) is 10.2. The van der Waals surface area contributed by atoms with Crippen LogP contribution in [0.1, 0.15) is 6.92 Å². The summed E-state index contributed by atoms with van der Waals surface area (Å²) in [5.74, 6) is 2.36. The first-order valence-electron chi connectivity index (χ1n) is 1.82. The summed E-state index contributed by atoms with van der Waals surface area (Å²) in [4.78, 5) is 0. The van der Waals surface area contributed by atoms with Crippen LogP contribution < -0.4 is 0 Å². The van der Waals surface area contributed by atoms with Gasteiger partial charge in [0, 0.05) is 0 Å². The lowest BCUT2D eigenvalue weighted by Crippen LogP contribution is -1.52. The Hall–Kier alpha value is -0.700. The minimum absolute atomic E-state index is 1.65. The fourth-order valence-corrected chi connectivity index (χ4v) is 0.152. The van der Waals surface area contributed by atoms with Crippen molar-refractivity contribution in [2.45, 2.75) is 6.92 Å². The van der Waals surface area contributed by atoms with E-state index in [1.165, 1.54) is 0 Å². The van der Waals surface area contributed by atoms with E-state index in [9.17, 15) is 0 Å². The minimum atomic E-state index is 1.65. The van der Waals surface area contributed by atoms with E-state index >= 15 is 0 Å². The quantitative estimate of drug-likeness (QED) is 0.417. The van der Waals surface area contributed by atoms with Gasteiger partial charge < -0.3 is 0 Å². The molecule has 0 saturated heterocycles. The fraction of sp³-hybridized carbons (Fsp3) is 0.167. The van der Waals surface area contributed by atoms with Crippen molar-refractivity contribution in [3.8, 4) is 12.3 Å². The molecule has 0 aliphatic carbocycles. The van der Waals surface area contributed by atoms with Crippen LogP contribution in [0.2, 0.25) is 0 Å². The van der Waals surface area contributed by atoms with Gasteiger partial charge in [-0.1, -0.05) is 18.1 Å². The van der Waals surface area contributed by atoms with Gasteiger partial charge in [0.05, 0.1) is 6.42 Å². The van der Waals surface area contributed by atoms with Gasteiger partial charge in [0.25, 0.3) is 0 Å². The van der Waals surface area contributed by atoms with Crippen LogP contribution >= 0.6 is 0 Å². The van der Waals surface area contributed by atoms with Gasteiger partial charge in [-0.3, -0.25) is 0 Å². The number of terminal acetylenes is 1. The monoisotopic (exact) mass is 79.1 g/mol. The molecule has 0 atom stereocenters. The number of hydrogen-bond donors (Lipinski definition) is 0. The van der Waals surface area contributed by atoms with Crippen LogP contribution in [-0.2, 0) is 0 Å². The summed E-state index contributed by atoms with van der Waals surface area (Å²) in [6, 6.07) is 0. The Labute approximate surface area is 38.9 Å². The lowest BCUT2D eigenvalue weighted by Gasteiger charge is -1.65. The first kappa shape index (κ1) is 5.30. The largest absolute Gasteiger partial charge is 0.119 e. The first-order chi connectivity index (χ1) is 2.91. The molecule has 0 aromatic rings. The normalized spacial score (nSPS) is 8.67. The molecule has 0 heteroatoms. The molecule has 0 heterocycles. The van der Waals surface area contributed by atoms with E-state index in [1.807, 2.05) is 19.1 Å². The second-order valence-corrected chi connectivity index (χ2v) is 0.859. The Morgan fingerprint density at radius 1 is 1.67 bits per heavy atom. The topological polar surface area (TPSA) is 0 Å². The maximum absolute atomic E-state index is 4.86. The first-order valence-corrected chi connectivity index (χ1v) is 1.82. The van der Waals surface area contributed by atoms with Crippen LogP contribution in [0.4, 0.5) is 0 Å². The number of rotatable bonds is 1. The SMILES string of the molecule is C#C[CH]/C=C\C. The minimum Gasteiger partial charge on any atom is -0.119 e. The van der Waals surface area contributed by atoms with Gasteiger partial charge in [-0.05, 0) is 6.92 Å². The molecule has 0 spiro atoms. The summed E-state index contributed by atoms with van der Waals surface area (Å²) in [7, 11) is 0. The van der Waals surface area contributed by atoms with Crippen molar-refractivity contribution < 1.29 is 0 Å². The van der Waals surface area contributed by atoms with E-state index in [1.54, 1.807) is 6.42 Å². The average molecular weight is 79.1 g/mol. The molecule has 0 aromatic carbocycles. The second-order valence-electron chi connectivity index (χ2n) is 0.859. The van der Waals surface area contributed by atoms with E-state index in [-0.39, 0.29) is 0 Å². The van der Waals surface area contributed by atoms with Gasteiger partial charge in [0.1, 0.15) is 0 Å². The van der Waals surface area contributed by atoms with Crippen molar-refractivity contribution in [2.24, 2.45) is 0 Å². The Morgan fingerprint density at radius 2 is 2.33 bits per heavy atom. The van der Waals surface area contributed by atoms with Crippen LogP contribution in [0.25, 0.3) is 0 Å². The molecule has 0 fully saturated rings. The number of allylic oxidation sites excluding steroid dienone is 2. The Balaban J connectivity index is 2.92. The van der Waals surface area contributed by atoms with Crippen LogP contribution in [0, 0.1) is 18.8 Å². The van der Waals surface area contributed by atoms with E-state index in [0.29, 0.717) is 0 Å². The van der Waals surface area contributed by atoms with E-state index in [0.717, 1.165) is 0 Å². The molecule has 0 aromatic heterocycles. The molecule has 0 saturated carbocycles. The zero-order valence-electron chi connectivity index (χ0n) is 3.81. The van der Waals surface area contributed by atoms with Crippen molar-refractivity contribution in [3.05, 3.63) is 18.6 Å². The van der Waals surface area contributed by atoms with Gasteiger partial charge in [-0.25, -0.2) is 0 Å². The summed E-state index contributed by atoms with van der Waals surface area (Å²) in [5, 5.41) is 0. The smallest absolute Gasteiger partial charge is 0.0552 e. The second kappa shape index (κ2) is 4.30. The van der Waals surface area contributed by atoms with E-state index in [4.69, 9.17) is 6.42 Å². The Morgan fingerprint density at radius 3 is 2.50 bits per heavy atom. The van der Waals surface area contributed by atoms with E-state index in [2.05, 4.69) is 5.92 Å². The van der Waals surface area contributed by atoms with Crippen molar-refractivity contribution in [1.29, 1.82) is 0 Å². The molecule has 0 aliphatic rings. The molecular weight excluding hydrogens is 72.1 g/mol. The van der Waals surface area contributed by atoms with E-state index < -0.39 is 0 Å². The van der Waals surface area contributed by atoms with Crippen LogP contribution in [0.5, 0.6) is 0 Å².